The molecule has 0 atom stereocenters. The van der Waals surface area contributed by atoms with E-state index in [2.05, 4.69) is 9.97 Å². The number of hydrogen-bond acceptors (Lipinski definition) is 6. The third kappa shape index (κ3) is 4.54. The molecule has 0 saturated heterocycles. The predicted molar refractivity (Wildman–Crippen MR) is 64.0 cm³/mol. The number of ether oxygens (including phenoxy) is 3. The van der Waals surface area contributed by atoms with Crippen LogP contribution in [0.2, 0.25) is 0 Å². The molecule has 0 saturated carbocycles. The number of nitrogens with two attached hydrogens (primary N) is 1. The minimum Gasteiger partial charge on any atom is -0.475 e. The van der Waals surface area contributed by atoms with E-state index in [1.165, 1.54) is 6.33 Å². The minimum absolute atomic E-state index is 0.438. The second kappa shape index (κ2) is 7.81. The molecule has 0 aliphatic carbocycles. The number of anilines is 1. The van der Waals surface area contributed by atoms with E-state index in [9.17, 15) is 0 Å². The molecule has 0 unspecified atom stereocenters. The van der Waals surface area contributed by atoms with Crippen molar-refractivity contribution in [2.75, 3.05) is 39.3 Å². The lowest BCUT2D eigenvalue weighted by atomic mass is 10.2. The van der Waals surface area contributed by atoms with Crippen LogP contribution in [-0.4, -0.2) is 43.5 Å². The summed E-state index contributed by atoms with van der Waals surface area (Å²) in [6.45, 7) is 4.06. The highest BCUT2D eigenvalue weighted by atomic mass is 16.5. The standard InChI is InChI=1S/C11H19N3O3/c1-3-9-10(12)13-8-14-11(9)17-7-6-16-5-4-15-2/h8H,3-7H2,1-2H3,(H2,12,13,14). The van der Waals surface area contributed by atoms with Crippen molar-refractivity contribution in [3.8, 4) is 5.88 Å². The summed E-state index contributed by atoms with van der Waals surface area (Å²) < 4.78 is 15.6. The number of aromatic nitrogens is 2. The van der Waals surface area contributed by atoms with E-state index < -0.39 is 0 Å². The number of nitrogen functional groups attached to an aromatic ring is 1. The van der Waals surface area contributed by atoms with E-state index in [0.29, 0.717) is 38.1 Å². The molecule has 17 heavy (non-hydrogen) atoms. The largest absolute Gasteiger partial charge is 0.475 e. The lowest BCUT2D eigenvalue weighted by Gasteiger charge is -2.10. The van der Waals surface area contributed by atoms with Gasteiger partial charge in [-0.05, 0) is 6.42 Å². The van der Waals surface area contributed by atoms with Crippen molar-refractivity contribution in [1.82, 2.24) is 9.97 Å². The fourth-order valence-corrected chi connectivity index (χ4v) is 1.31. The monoisotopic (exact) mass is 241 g/mol. The zero-order valence-electron chi connectivity index (χ0n) is 10.3. The molecule has 96 valence electrons. The predicted octanol–water partition coefficient (Wildman–Crippen LogP) is 0.663. The Morgan fingerprint density at radius 2 is 1.94 bits per heavy atom. The first kappa shape index (κ1) is 13.7. The van der Waals surface area contributed by atoms with Crippen molar-refractivity contribution in [1.29, 1.82) is 0 Å². The first-order chi connectivity index (χ1) is 8.29. The van der Waals surface area contributed by atoms with E-state index >= 15 is 0 Å². The molecule has 1 aromatic heterocycles. The van der Waals surface area contributed by atoms with Crippen LogP contribution in [0.25, 0.3) is 0 Å². The lowest BCUT2D eigenvalue weighted by Crippen LogP contribution is -2.12. The molecule has 1 rings (SSSR count). The number of rotatable bonds is 8. The highest BCUT2D eigenvalue weighted by Gasteiger charge is 2.07. The third-order valence-electron chi connectivity index (χ3n) is 2.19. The van der Waals surface area contributed by atoms with Crippen molar-refractivity contribution in [2.45, 2.75) is 13.3 Å². The fraction of sp³-hybridized carbons (Fsp3) is 0.636. The molecule has 1 heterocycles. The SMILES string of the molecule is CCc1c(N)ncnc1OCCOCCOC. The summed E-state index contributed by atoms with van der Waals surface area (Å²) in [6.07, 6.45) is 2.14. The van der Waals surface area contributed by atoms with Gasteiger partial charge in [0, 0.05) is 7.11 Å². The van der Waals surface area contributed by atoms with Crippen LogP contribution >= 0.6 is 0 Å². The van der Waals surface area contributed by atoms with E-state index in [4.69, 9.17) is 19.9 Å². The second-order valence-corrected chi connectivity index (χ2v) is 3.35. The van der Waals surface area contributed by atoms with Crippen LogP contribution < -0.4 is 10.5 Å². The molecule has 0 radical (unpaired) electrons. The van der Waals surface area contributed by atoms with Crippen LogP contribution in [0.5, 0.6) is 5.88 Å². The smallest absolute Gasteiger partial charge is 0.221 e. The van der Waals surface area contributed by atoms with Gasteiger partial charge < -0.3 is 19.9 Å². The quantitative estimate of drug-likeness (QED) is 0.674. The molecule has 0 bridgehead atoms. The number of nitrogens with zero attached hydrogens (tertiary/aromatic N) is 2. The molecular formula is C11H19N3O3. The molecule has 2 N–H and O–H groups in total. The van der Waals surface area contributed by atoms with Crippen molar-refractivity contribution < 1.29 is 14.2 Å². The Morgan fingerprint density at radius 1 is 1.18 bits per heavy atom. The molecule has 0 spiro atoms. The maximum atomic E-state index is 5.72. The summed E-state index contributed by atoms with van der Waals surface area (Å²) in [7, 11) is 1.64. The molecule has 0 aromatic carbocycles. The van der Waals surface area contributed by atoms with Gasteiger partial charge in [0.25, 0.3) is 0 Å². The molecule has 6 heteroatoms. The van der Waals surface area contributed by atoms with Crippen LogP contribution in [0.3, 0.4) is 0 Å². The summed E-state index contributed by atoms with van der Waals surface area (Å²) in [5.74, 6) is 1.01. The van der Waals surface area contributed by atoms with Crippen LogP contribution in [0, 0.1) is 0 Å². The summed E-state index contributed by atoms with van der Waals surface area (Å²) in [4.78, 5) is 7.97. The number of methoxy groups -OCH3 is 1. The second-order valence-electron chi connectivity index (χ2n) is 3.35. The van der Waals surface area contributed by atoms with Gasteiger partial charge in [0.2, 0.25) is 5.88 Å². The van der Waals surface area contributed by atoms with Crippen molar-refractivity contribution in [2.24, 2.45) is 0 Å². The van der Waals surface area contributed by atoms with Crippen molar-refractivity contribution >= 4 is 5.82 Å². The fourth-order valence-electron chi connectivity index (χ4n) is 1.31. The van der Waals surface area contributed by atoms with Gasteiger partial charge in [-0.3, -0.25) is 0 Å². The third-order valence-corrected chi connectivity index (χ3v) is 2.19. The summed E-state index contributed by atoms with van der Waals surface area (Å²) in [5, 5.41) is 0. The van der Waals surface area contributed by atoms with Crippen LogP contribution in [0.15, 0.2) is 6.33 Å². The van der Waals surface area contributed by atoms with Gasteiger partial charge in [0.1, 0.15) is 18.8 Å². The van der Waals surface area contributed by atoms with Crippen LogP contribution in [0.4, 0.5) is 5.82 Å². The van der Waals surface area contributed by atoms with Gasteiger partial charge in [0.05, 0.1) is 25.4 Å². The molecule has 6 nitrogen and oxygen atoms in total. The van der Waals surface area contributed by atoms with Crippen LogP contribution in [0.1, 0.15) is 12.5 Å². The zero-order chi connectivity index (χ0) is 12.5. The lowest BCUT2D eigenvalue weighted by molar-refractivity contribution is 0.0535. The van der Waals surface area contributed by atoms with Gasteiger partial charge in [-0.15, -0.1) is 0 Å². The Bertz CT molecular complexity index is 334. The average molecular weight is 241 g/mol. The first-order valence-electron chi connectivity index (χ1n) is 5.58. The number of hydrogen-bond donors (Lipinski definition) is 1. The van der Waals surface area contributed by atoms with E-state index in [0.717, 1.165) is 12.0 Å². The van der Waals surface area contributed by atoms with Gasteiger partial charge in [-0.1, -0.05) is 6.92 Å². The topological polar surface area (TPSA) is 79.5 Å². The Hall–Kier alpha value is -1.40. The molecule has 0 fully saturated rings. The molecular weight excluding hydrogens is 222 g/mol. The van der Waals surface area contributed by atoms with Gasteiger partial charge in [-0.2, -0.15) is 0 Å². The Labute approximate surface area is 101 Å². The molecule has 0 aliphatic heterocycles. The van der Waals surface area contributed by atoms with E-state index in [1.807, 2.05) is 6.92 Å². The van der Waals surface area contributed by atoms with Gasteiger partial charge in [-0.25, -0.2) is 9.97 Å². The first-order valence-corrected chi connectivity index (χ1v) is 5.58. The highest BCUT2D eigenvalue weighted by molar-refractivity contribution is 5.44. The average Bonchev–Trinajstić information content (AvgIpc) is 2.34. The van der Waals surface area contributed by atoms with Crippen molar-refractivity contribution in [3.05, 3.63) is 11.9 Å². The van der Waals surface area contributed by atoms with Crippen molar-refractivity contribution in [3.63, 3.8) is 0 Å². The summed E-state index contributed by atoms with van der Waals surface area (Å²) >= 11 is 0. The maximum Gasteiger partial charge on any atom is 0.221 e. The summed E-state index contributed by atoms with van der Waals surface area (Å²) in [5.41, 5.74) is 6.56. The highest BCUT2D eigenvalue weighted by Crippen LogP contribution is 2.19. The normalized spacial score (nSPS) is 10.5. The Kier molecular flexibility index (Phi) is 6.27. The van der Waals surface area contributed by atoms with Gasteiger partial charge in [0.15, 0.2) is 0 Å². The van der Waals surface area contributed by atoms with Gasteiger partial charge >= 0.3 is 0 Å². The van der Waals surface area contributed by atoms with E-state index in [1.54, 1.807) is 7.11 Å². The Balaban J connectivity index is 2.33. The Morgan fingerprint density at radius 3 is 2.65 bits per heavy atom. The van der Waals surface area contributed by atoms with E-state index in [-0.39, 0.29) is 0 Å². The molecule has 0 aliphatic rings. The zero-order valence-corrected chi connectivity index (χ0v) is 10.3. The molecule has 0 amide bonds. The summed E-state index contributed by atoms with van der Waals surface area (Å²) in [6, 6.07) is 0. The molecule has 1 aromatic rings. The maximum absolute atomic E-state index is 5.72. The van der Waals surface area contributed by atoms with Crippen LogP contribution in [-0.2, 0) is 15.9 Å². The minimum atomic E-state index is 0.438.